The summed E-state index contributed by atoms with van der Waals surface area (Å²) in [6.07, 6.45) is -2.07. The molecule has 6 nitrogen and oxygen atoms in total. The van der Waals surface area contributed by atoms with E-state index in [0.717, 1.165) is 22.0 Å². The average Bonchev–Trinajstić information content (AvgIpc) is 3.35. The zero-order valence-corrected chi connectivity index (χ0v) is 15.5. The van der Waals surface area contributed by atoms with E-state index in [1.807, 2.05) is 19.1 Å². The Labute approximate surface area is 164 Å². The zero-order valence-electron chi connectivity index (χ0n) is 15.5. The van der Waals surface area contributed by atoms with E-state index in [0.29, 0.717) is 5.76 Å². The maximum atomic E-state index is 13.7. The Kier molecular flexibility index (Phi) is 4.81. The number of fused-ring (bicyclic) bond motifs is 1. The summed E-state index contributed by atoms with van der Waals surface area (Å²) < 4.78 is 47.2. The van der Waals surface area contributed by atoms with E-state index in [2.05, 4.69) is 15.7 Å². The van der Waals surface area contributed by atoms with Crippen molar-refractivity contribution in [3.63, 3.8) is 0 Å². The number of nitrogens with one attached hydrogen (secondary N) is 2. The number of furan rings is 1. The van der Waals surface area contributed by atoms with E-state index in [4.69, 9.17) is 4.42 Å². The normalized spacial score (nSPS) is 18.8. The van der Waals surface area contributed by atoms with Gasteiger partial charge in [0.15, 0.2) is 6.04 Å². The highest BCUT2D eigenvalue weighted by Crippen LogP contribution is 2.44. The SMILES string of the molecule is Cc1ccc([C@H]2C[C@H](C(F)(F)F)n3ncc(C(=O)NCc4ccco4)c3N2)cc1. The lowest BCUT2D eigenvalue weighted by Gasteiger charge is -2.34. The summed E-state index contributed by atoms with van der Waals surface area (Å²) in [6, 6.07) is 8.25. The predicted molar refractivity (Wildman–Crippen MR) is 99.4 cm³/mol. The van der Waals surface area contributed by atoms with Crippen molar-refractivity contribution in [3.8, 4) is 0 Å². The summed E-state index contributed by atoms with van der Waals surface area (Å²) in [7, 11) is 0. The highest BCUT2D eigenvalue weighted by molar-refractivity contribution is 5.98. The quantitative estimate of drug-likeness (QED) is 0.677. The lowest BCUT2D eigenvalue weighted by molar-refractivity contribution is -0.173. The maximum absolute atomic E-state index is 13.7. The van der Waals surface area contributed by atoms with Gasteiger partial charge in [0, 0.05) is 6.42 Å². The van der Waals surface area contributed by atoms with Gasteiger partial charge in [0.1, 0.15) is 17.1 Å². The fraction of sp³-hybridized carbons (Fsp3) is 0.300. The summed E-state index contributed by atoms with van der Waals surface area (Å²) in [5.41, 5.74) is 1.79. The maximum Gasteiger partial charge on any atom is 0.410 e. The number of aromatic nitrogens is 2. The molecule has 1 aromatic carbocycles. The van der Waals surface area contributed by atoms with Crippen LogP contribution >= 0.6 is 0 Å². The van der Waals surface area contributed by atoms with Crippen LogP contribution < -0.4 is 10.6 Å². The van der Waals surface area contributed by atoms with Crippen molar-refractivity contribution in [2.75, 3.05) is 5.32 Å². The average molecular weight is 404 g/mol. The number of benzene rings is 1. The number of anilines is 1. The minimum atomic E-state index is -4.49. The monoisotopic (exact) mass is 404 g/mol. The molecule has 4 rings (SSSR count). The third kappa shape index (κ3) is 3.85. The molecule has 0 saturated carbocycles. The molecule has 1 aliphatic rings. The number of amides is 1. The van der Waals surface area contributed by atoms with Crippen LogP contribution in [0.5, 0.6) is 0 Å². The Morgan fingerprint density at radius 1 is 1.31 bits per heavy atom. The van der Waals surface area contributed by atoms with Crippen molar-refractivity contribution >= 4 is 11.7 Å². The number of carbonyl (C=O) groups is 1. The van der Waals surface area contributed by atoms with Crippen LogP contribution in [0.1, 0.15) is 45.7 Å². The van der Waals surface area contributed by atoms with Gasteiger partial charge in [-0.1, -0.05) is 29.8 Å². The molecule has 9 heteroatoms. The van der Waals surface area contributed by atoms with Gasteiger partial charge in [-0.05, 0) is 24.6 Å². The smallest absolute Gasteiger partial charge is 0.410 e. The summed E-state index contributed by atoms with van der Waals surface area (Å²) in [5.74, 6) is 0.0692. The first kappa shape index (κ1) is 19.1. The lowest BCUT2D eigenvalue weighted by Crippen LogP contribution is -2.36. The van der Waals surface area contributed by atoms with Gasteiger partial charge in [0.05, 0.1) is 25.0 Å². The minimum absolute atomic E-state index is 0.0566. The van der Waals surface area contributed by atoms with Gasteiger partial charge in [0.25, 0.3) is 5.91 Å². The van der Waals surface area contributed by atoms with Gasteiger partial charge >= 0.3 is 6.18 Å². The number of hydrogen-bond acceptors (Lipinski definition) is 4. The van der Waals surface area contributed by atoms with Gasteiger partial charge in [-0.15, -0.1) is 0 Å². The third-order valence-corrected chi connectivity index (χ3v) is 4.97. The molecule has 2 atom stereocenters. The van der Waals surface area contributed by atoms with Crippen molar-refractivity contribution in [3.05, 3.63) is 71.3 Å². The van der Waals surface area contributed by atoms with Crippen LogP contribution in [0.25, 0.3) is 0 Å². The molecular weight excluding hydrogens is 385 g/mol. The Morgan fingerprint density at radius 2 is 2.07 bits per heavy atom. The molecule has 1 amide bonds. The third-order valence-electron chi connectivity index (χ3n) is 4.97. The van der Waals surface area contributed by atoms with Gasteiger partial charge in [-0.3, -0.25) is 4.79 Å². The fourth-order valence-corrected chi connectivity index (χ4v) is 3.42. The topological polar surface area (TPSA) is 72.1 Å². The molecule has 1 aliphatic heterocycles. The van der Waals surface area contributed by atoms with Crippen LogP contribution in [0.3, 0.4) is 0 Å². The van der Waals surface area contributed by atoms with Crippen LogP contribution in [-0.4, -0.2) is 21.9 Å². The zero-order chi connectivity index (χ0) is 20.6. The first-order valence-electron chi connectivity index (χ1n) is 9.11. The molecule has 2 N–H and O–H groups in total. The first-order valence-corrected chi connectivity index (χ1v) is 9.11. The van der Waals surface area contributed by atoms with E-state index in [-0.39, 0.29) is 24.3 Å². The van der Waals surface area contributed by atoms with Gasteiger partial charge in [-0.2, -0.15) is 18.3 Å². The molecule has 0 fully saturated rings. The molecule has 0 radical (unpaired) electrons. The van der Waals surface area contributed by atoms with Crippen molar-refractivity contribution in [1.29, 1.82) is 0 Å². The van der Waals surface area contributed by atoms with E-state index in [9.17, 15) is 18.0 Å². The van der Waals surface area contributed by atoms with Crippen molar-refractivity contribution in [2.45, 2.75) is 38.1 Å². The molecule has 152 valence electrons. The van der Waals surface area contributed by atoms with Gasteiger partial charge in [0.2, 0.25) is 0 Å². The Bertz CT molecular complexity index is 994. The highest BCUT2D eigenvalue weighted by Gasteiger charge is 2.47. The van der Waals surface area contributed by atoms with Gasteiger partial charge < -0.3 is 15.1 Å². The number of hydrogen-bond donors (Lipinski definition) is 2. The molecule has 0 spiro atoms. The number of nitrogens with zero attached hydrogens (tertiary/aromatic N) is 2. The number of carbonyl (C=O) groups excluding carboxylic acids is 1. The summed E-state index contributed by atoms with van der Waals surface area (Å²) in [5, 5.41) is 9.58. The number of halogens is 3. The largest absolute Gasteiger partial charge is 0.467 e. The molecule has 0 aliphatic carbocycles. The molecule has 0 saturated heterocycles. The van der Waals surface area contributed by atoms with E-state index >= 15 is 0 Å². The fourth-order valence-electron chi connectivity index (χ4n) is 3.42. The summed E-state index contributed by atoms with van der Waals surface area (Å²) in [6.45, 7) is 2.04. The second-order valence-corrected chi connectivity index (χ2v) is 7.01. The molecule has 0 bridgehead atoms. The standard InChI is InChI=1S/C20H19F3N4O2/c1-12-4-6-13(7-5-12)16-9-17(20(21,22)23)27-18(26-16)15(11-25-27)19(28)24-10-14-3-2-8-29-14/h2-8,11,16-17,26H,9-10H2,1H3,(H,24,28)/t16-,17-/m1/s1. The number of alkyl halides is 3. The van der Waals surface area contributed by atoms with Crippen LogP contribution in [0.4, 0.5) is 19.0 Å². The van der Waals surface area contributed by atoms with Crippen LogP contribution in [0, 0.1) is 6.92 Å². The van der Waals surface area contributed by atoms with Crippen LogP contribution in [0.15, 0.2) is 53.3 Å². The molecular formula is C20H19F3N4O2. The van der Waals surface area contributed by atoms with Crippen LogP contribution in [0.2, 0.25) is 0 Å². The number of aryl methyl sites for hydroxylation is 1. The predicted octanol–water partition coefficient (Wildman–Crippen LogP) is 4.37. The Balaban J connectivity index is 1.64. The summed E-state index contributed by atoms with van der Waals surface area (Å²) in [4.78, 5) is 12.6. The number of rotatable bonds is 4. The Hall–Kier alpha value is -3.23. The van der Waals surface area contributed by atoms with E-state index < -0.39 is 24.2 Å². The van der Waals surface area contributed by atoms with Gasteiger partial charge in [-0.25, -0.2) is 4.68 Å². The highest BCUT2D eigenvalue weighted by atomic mass is 19.4. The second-order valence-electron chi connectivity index (χ2n) is 7.01. The Morgan fingerprint density at radius 3 is 2.72 bits per heavy atom. The van der Waals surface area contributed by atoms with E-state index in [1.165, 1.54) is 6.26 Å². The molecule has 0 unspecified atom stereocenters. The first-order chi connectivity index (χ1) is 13.8. The van der Waals surface area contributed by atoms with Crippen molar-refractivity contribution < 1.29 is 22.4 Å². The van der Waals surface area contributed by atoms with Crippen LogP contribution in [-0.2, 0) is 6.54 Å². The minimum Gasteiger partial charge on any atom is -0.467 e. The van der Waals surface area contributed by atoms with Crippen molar-refractivity contribution in [2.24, 2.45) is 0 Å². The summed E-state index contributed by atoms with van der Waals surface area (Å²) >= 11 is 0. The molecule has 2 aromatic heterocycles. The second kappa shape index (κ2) is 7.31. The lowest BCUT2D eigenvalue weighted by atomic mass is 9.96. The molecule has 3 heterocycles. The molecule has 3 aromatic rings. The van der Waals surface area contributed by atoms with Crippen molar-refractivity contribution in [1.82, 2.24) is 15.1 Å². The van der Waals surface area contributed by atoms with E-state index in [1.54, 1.807) is 24.3 Å². The molecule has 29 heavy (non-hydrogen) atoms.